The van der Waals surface area contributed by atoms with Gasteiger partial charge in [-0.15, -0.1) is 0 Å². The molecule has 0 bridgehead atoms. The fourth-order valence-corrected chi connectivity index (χ4v) is 4.00. The highest BCUT2D eigenvalue weighted by Gasteiger charge is 2.51. The van der Waals surface area contributed by atoms with Crippen LogP contribution in [0.1, 0.15) is 36.5 Å². The van der Waals surface area contributed by atoms with Crippen LogP contribution in [0.4, 0.5) is 0 Å². The number of rotatable bonds is 3. The van der Waals surface area contributed by atoms with Crippen LogP contribution in [0.5, 0.6) is 0 Å². The number of nitrogens with two attached hydrogens (primary N) is 1. The summed E-state index contributed by atoms with van der Waals surface area (Å²) in [5, 5.41) is 7.42. The number of carboxylic acid groups (broad SMARTS) is 1. The summed E-state index contributed by atoms with van der Waals surface area (Å²) in [5.41, 5.74) is 11.6. The van der Waals surface area contributed by atoms with Crippen molar-refractivity contribution in [1.82, 2.24) is 9.97 Å². The zero-order valence-electron chi connectivity index (χ0n) is 16.1. The second-order valence-corrected chi connectivity index (χ2v) is 7.31. The molecule has 5 rings (SSSR count). The van der Waals surface area contributed by atoms with Gasteiger partial charge in [0, 0.05) is 30.4 Å². The van der Waals surface area contributed by atoms with Gasteiger partial charge < -0.3 is 10.8 Å². The highest BCUT2D eigenvalue weighted by Crippen LogP contribution is 2.55. The molecular formula is C23H22N4O2. The molecule has 2 aliphatic rings. The summed E-state index contributed by atoms with van der Waals surface area (Å²) in [6.45, 7) is 1.08. The monoisotopic (exact) mass is 386 g/mol. The van der Waals surface area contributed by atoms with E-state index in [9.17, 15) is 0 Å². The van der Waals surface area contributed by atoms with E-state index in [4.69, 9.17) is 20.6 Å². The fraction of sp³-hybridized carbons (Fsp3) is 0.217. The van der Waals surface area contributed by atoms with Crippen LogP contribution >= 0.6 is 0 Å². The van der Waals surface area contributed by atoms with Gasteiger partial charge in [0.25, 0.3) is 5.97 Å². The van der Waals surface area contributed by atoms with Crippen LogP contribution in [-0.2, 0) is 10.3 Å². The molecule has 1 aliphatic heterocycles. The molecule has 2 heterocycles. The van der Waals surface area contributed by atoms with Gasteiger partial charge in [-0.05, 0) is 41.5 Å². The summed E-state index contributed by atoms with van der Waals surface area (Å²) in [4.78, 5) is 22.3. The molecule has 0 saturated heterocycles. The van der Waals surface area contributed by atoms with Crippen molar-refractivity contribution >= 4 is 11.8 Å². The number of aliphatic carboxylic acids is 1. The molecule has 3 aromatic rings. The number of hydrogen-bond donors (Lipinski definition) is 2. The van der Waals surface area contributed by atoms with E-state index in [1.165, 1.54) is 24.0 Å². The minimum Gasteiger partial charge on any atom is -0.481 e. The summed E-state index contributed by atoms with van der Waals surface area (Å²) in [6.07, 6.45) is 7.61. The number of carboxylic acids is 1. The van der Waals surface area contributed by atoms with Crippen LogP contribution in [0.2, 0.25) is 0 Å². The van der Waals surface area contributed by atoms with E-state index >= 15 is 0 Å². The molecule has 0 amide bonds. The van der Waals surface area contributed by atoms with Crippen LogP contribution in [0.3, 0.4) is 0 Å². The van der Waals surface area contributed by atoms with Crippen molar-refractivity contribution in [2.45, 2.75) is 25.3 Å². The predicted molar refractivity (Wildman–Crippen MR) is 111 cm³/mol. The zero-order chi connectivity index (χ0) is 20.4. The van der Waals surface area contributed by atoms with Crippen LogP contribution in [0.25, 0.3) is 11.1 Å². The van der Waals surface area contributed by atoms with E-state index in [1.54, 1.807) is 6.33 Å². The maximum absolute atomic E-state index is 9.00. The quantitative estimate of drug-likeness (QED) is 0.716. The number of carbonyl (C=O) groups is 1. The van der Waals surface area contributed by atoms with Crippen molar-refractivity contribution in [3.63, 3.8) is 0 Å². The average molecular weight is 386 g/mol. The number of fused-ring (bicyclic) bond motifs is 1. The third-order valence-corrected chi connectivity index (χ3v) is 5.28. The van der Waals surface area contributed by atoms with Crippen LogP contribution < -0.4 is 5.73 Å². The number of nitrogens with zero attached hydrogens (tertiary/aromatic N) is 3. The fourth-order valence-electron chi connectivity index (χ4n) is 4.00. The van der Waals surface area contributed by atoms with Gasteiger partial charge >= 0.3 is 0 Å². The molecule has 1 aromatic heterocycles. The zero-order valence-corrected chi connectivity index (χ0v) is 16.1. The Hall–Kier alpha value is -3.54. The first-order chi connectivity index (χ1) is 14.0. The summed E-state index contributed by atoms with van der Waals surface area (Å²) in [7, 11) is 0. The number of amidine groups is 1. The number of benzene rings is 2. The van der Waals surface area contributed by atoms with Crippen molar-refractivity contribution in [3.8, 4) is 11.1 Å². The topological polar surface area (TPSA) is 101 Å². The summed E-state index contributed by atoms with van der Waals surface area (Å²) in [5.74, 6) is 0.327. The van der Waals surface area contributed by atoms with Gasteiger partial charge in [0.15, 0.2) is 0 Å². The standard InChI is InChI=1S/C21H18N4.C2H4O2/c22-20-18-6-1-2-7-19(18)21(25-20,16-8-9-16)17-5-3-4-14(10-17)15-11-23-13-24-12-15;1-2(3)4/h1-7,10-13,16H,8-9H2,(H2,22,25);1H3,(H,3,4). The smallest absolute Gasteiger partial charge is 0.300 e. The molecule has 1 aliphatic carbocycles. The van der Waals surface area contributed by atoms with Gasteiger partial charge in [0.1, 0.15) is 17.7 Å². The maximum Gasteiger partial charge on any atom is 0.300 e. The SMILES string of the molecule is CC(=O)O.NC1=NC(c2cccc(-c3cncnc3)c2)(C2CC2)c2ccccc21. The third kappa shape index (κ3) is 3.49. The lowest BCUT2D eigenvalue weighted by Crippen LogP contribution is -2.26. The minimum atomic E-state index is -0.833. The Labute approximate surface area is 169 Å². The van der Waals surface area contributed by atoms with Crippen LogP contribution in [-0.4, -0.2) is 26.9 Å². The highest BCUT2D eigenvalue weighted by molar-refractivity contribution is 6.02. The lowest BCUT2D eigenvalue weighted by atomic mass is 9.78. The van der Waals surface area contributed by atoms with Crippen molar-refractivity contribution < 1.29 is 9.90 Å². The van der Waals surface area contributed by atoms with Gasteiger partial charge in [-0.3, -0.25) is 9.79 Å². The second-order valence-electron chi connectivity index (χ2n) is 7.31. The number of aliphatic imine (C=N–C) groups is 1. The number of hydrogen-bond acceptors (Lipinski definition) is 5. The van der Waals surface area contributed by atoms with Crippen molar-refractivity contribution in [1.29, 1.82) is 0 Å². The van der Waals surface area contributed by atoms with E-state index in [2.05, 4.69) is 52.4 Å². The Morgan fingerprint density at radius 1 is 1.07 bits per heavy atom. The van der Waals surface area contributed by atoms with Crippen LogP contribution in [0.15, 0.2) is 72.2 Å². The lowest BCUT2D eigenvalue weighted by Gasteiger charge is -2.29. The first-order valence-corrected chi connectivity index (χ1v) is 9.53. The molecule has 1 unspecified atom stereocenters. The predicted octanol–water partition coefficient (Wildman–Crippen LogP) is 3.61. The van der Waals surface area contributed by atoms with Gasteiger partial charge in [-0.2, -0.15) is 0 Å². The third-order valence-electron chi connectivity index (χ3n) is 5.28. The van der Waals surface area contributed by atoms with Gasteiger partial charge in [-0.25, -0.2) is 9.97 Å². The Morgan fingerprint density at radius 2 is 1.76 bits per heavy atom. The number of aromatic nitrogens is 2. The molecule has 1 saturated carbocycles. The molecular weight excluding hydrogens is 364 g/mol. The minimum absolute atomic E-state index is 0.355. The largest absolute Gasteiger partial charge is 0.481 e. The van der Waals surface area contributed by atoms with Crippen molar-refractivity contribution in [2.24, 2.45) is 16.6 Å². The van der Waals surface area contributed by atoms with E-state index < -0.39 is 5.97 Å². The van der Waals surface area contributed by atoms with E-state index in [0.29, 0.717) is 11.8 Å². The Kier molecular flexibility index (Phi) is 4.84. The van der Waals surface area contributed by atoms with Crippen LogP contribution in [0, 0.1) is 5.92 Å². The van der Waals surface area contributed by atoms with Gasteiger partial charge in [-0.1, -0.05) is 42.5 Å². The summed E-state index contributed by atoms with van der Waals surface area (Å²) < 4.78 is 0. The first kappa shape index (κ1) is 18.8. The molecule has 6 heteroatoms. The molecule has 0 radical (unpaired) electrons. The Balaban J connectivity index is 0.000000472. The average Bonchev–Trinajstić information content (AvgIpc) is 3.54. The van der Waals surface area contributed by atoms with E-state index in [0.717, 1.165) is 23.6 Å². The van der Waals surface area contributed by atoms with Gasteiger partial charge in [0.05, 0.1) is 0 Å². The normalized spacial score (nSPS) is 19.6. The summed E-state index contributed by atoms with van der Waals surface area (Å²) >= 11 is 0. The first-order valence-electron chi connectivity index (χ1n) is 9.53. The molecule has 1 atom stereocenters. The molecule has 29 heavy (non-hydrogen) atoms. The highest BCUT2D eigenvalue weighted by atomic mass is 16.4. The maximum atomic E-state index is 9.00. The molecule has 146 valence electrons. The summed E-state index contributed by atoms with van der Waals surface area (Å²) in [6, 6.07) is 16.9. The van der Waals surface area contributed by atoms with Crippen molar-refractivity contribution in [3.05, 3.63) is 83.9 Å². The Morgan fingerprint density at radius 3 is 2.45 bits per heavy atom. The molecule has 0 spiro atoms. The molecule has 6 nitrogen and oxygen atoms in total. The lowest BCUT2D eigenvalue weighted by molar-refractivity contribution is -0.134. The molecule has 2 aromatic carbocycles. The second kappa shape index (κ2) is 7.47. The van der Waals surface area contributed by atoms with Crippen molar-refractivity contribution in [2.75, 3.05) is 0 Å². The molecule has 3 N–H and O–H groups in total. The molecule has 1 fully saturated rings. The van der Waals surface area contributed by atoms with E-state index in [1.807, 2.05) is 18.5 Å². The Bertz CT molecular complexity index is 1070. The van der Waals surface area contributed by atoms with E-state index in [-0.39, 0.29) is 5.54 Å². The van der Waals surface area contributed by atoms with Gasteiger partial charge in [0.2, 0.25) is 0 Å².